The van der Waals surface area contributed by atoms with Gasteiger partial charge in [0.15, 0.2) is 0 Å². The number of unbranched alkanes of at least 4 members (excludes halogenated alkanes) is 14. The summed E-state index contributed by atoms with van der Waals surface area (Å²) in [7, 11) is 0. The number of allylic oxidation sites excluding steroid dienone is 2. The molecule has 21 heavy (non-hydrogen) atoms. The van der Waals surface area contributed by atoms with Crippen molar-refractivity contribution in [3.8, 4) is 0 Å². The molecule has 0 bridgehead atoms. The van der Waals surface area contributed by atoms with E-state index in [4.69, 9.17) is 5.11 Å². The molecule has 0 radical (unpaired) electrons. The second kappa shape index (κ2) is 19.7. The largest absolute Gasteiger partial charge is 0.396 e. The minimum Gasteiger partial charge on any atom is -0.396 e. The van der Waals surface area contributed by atoms with E-state index in [0.29, 0.717) is 6.61 Å². The van der Waals surface area contributed by atoms with Crippen LogP contribution in [-0.2, 0) is 0 Å². The van der Waals surface area contributed by atoms with Crippen LogP contribution >= 0.6 is 0 Å². The minimum atomic E-state index is 0.368. The van der Waals surface area contributed by atoms with Gasteiger partial charge in [-0.3, -0.25) is 0 Å². The van der Waals surface area contributed by atoms with Gasteiger partial charge in [-0.2, -0.15) is 0 Å². The molecule has 0 unspecified atom stereocenters. The normalized spacial score (nSPS) is 11.5. The lowest BCUT2D eigenvalue weighted by molar-refractivity contribution is 0.282. The topological polar surface area (TPSA) is 20.2 Å². The molecule has 0 saturated carbocycles. The molecular weight excluding hydrogens is 256 g/mol. The number of aliphatic hydroxyl groups is 1. The Balaban J connectivity index is 3.00. The summed E-state index contributed by atoms with van der Waals surface area (Å²) in [6.07, 6.45) is 26.2. The molecule has 1 N–H and O–H groups in total. The van der Waals surface area contributed by atoms with E-state index in [9.17, 15) is 0 Å². The van der Waals surface area contributed by atoms with Gasteiger partial charge < -0.3 is 5.11 Å². The molecule has 0 aromatic carbocycles. The number of rotatable bonds is 17. The van der Waals surface area contributed by atoms with Gasteiger partial charge >= 0.3 is 0 Å². The first-order valence-electron chi connectivity index (χ1n) is 9.67. The molecule has 0 atom stereocenters. The molecule has 0 aliphatic rings. The van der Waals surface area contributed by atoms with Crippen LogP contribution < -0.4 is 0 Å². The van der Waals surface area contributed by atoms with Gasteiger partial charge in [-0.05, 0) is 32.1 Å². The Morgan fingerprint density at radius 1 is 0.524 bits per heavy atom. The zero-order valence-electron chi connectivity index (χ0n) is 14.6. The Morgan fingerprint density at radius 2 is 0.905 bits per heavy atom. The molecule has 0 spiro atoms. The van der Waals surface area contributed by atoms with E-state index >= 15 is 0 Å². The average Bonchev–Trinajstić information content (AvgIpc) is 2.50. The average molecular weight is 297 g/mol. The molecule has 0 heterocycles. The molecule has 0 aliphatic carbocycles. The first-order valence-corrected chi connectivity index (χ1v) is 9.67. The summed E-state index contributed by atoms with van der Waals surface area (Å²) in [4.78, 5) is 0. The Kier molecular flexibility index (Phi) is 19.4. The van der Waals surface area contributed by atoms with Crippen molar-refractivity contribution in [1.82, 2.24) is 0 Å². The van der Waals surface area contributed by atoms with E-state index in [1.165, 1.54) is 96.3 Å². The lowest BCUT2D eigenvalue weighted by Gasteiger charge is -2.01. The Labute approximate surface area is 134 Å². The van der Waals surface area contributed by atoms with E-state index in [-0.39, 0.29) is 0 Å². The van der Waals surface area contributed by atoms with E-state index in [1.54, 1.807) is 0 Å². The fraction of sp³-hybridized carbons (Fsp3) is 0.900. The molecule has 0 aliphatic heterocycles. The summed E-state index contributed by atoms with van der Waals surface area (Å²) in [5.74, 6) is 0. The maximum absolute atomic E-state index is 8.69. The Bertz CT molecular complexity index is 198. The van der Waals surface area contributed by atoms with Gasteiger partial charge in [-0.1, -0.05) is 89.7 Å². The van der Waals surface area contributed by atoms with Crippen LogP contribution in [0, 0.1) is 0 Å². The molecular formula is C20H40O. The monoisotopic (exact) mass is 296 g/mol. The highest BCUT2D eigenvalue weighted by Crippen LogP contribution is 2.11. The third-order valence-corrected chi connectivity index (χ3v) is 4.17. The van der Waals surface area contributed by atoms with E-state index in [1.807, 2.05) is 0 Å². The van der Waals surface area contributed by atoms with Crippen molar-refractivity contribution >= 4 is 0 Å². The maximum Gasteiger partial charge on any atom is 0.0431 e. The van der Waals surface area contributed by atoms with Crippen molar-refractivity contribution in [1.29, 1.82) is 0 Å². The second-order valence-corrected chi connectivity index (χ2v) is 6.37. The van der Waals surface area contributed by atoms with Gasteiger partial charge in [-0.15, -0.1) is 0 Å². The molecule has 0 aromatic rings. The molecule has 0 rings (SSSR count). The Hall–Kier alpha value is -0.300. The summed E-state index contributed by atoms with van der Waals surface area (Å²) in [6.45, 7) is 2.64. The standard InChI is InChI=1S/C20H40O/c1-2-3-4-5-6-7-8-9-10-11-12-13-14-15-16-17-18-19-20-21/h7-8,21H,2-6,9-20H2,1H3/b8-7+. The highest BCUT2D eigenvalue weighted by Gasteiger charge is 1.92. The molecule has 1 heteroatoms. The van der Waals surface area contributed by atoms with Crippen LogP contribution in [0.2, 0.25) is 0 Å². The van der Waals surface area contributed by atoms with Crippen LogP contribution in [0.1, 0.15) is 110 Å². The van der Waals surface area contributed by atoms with Gasteiger partial charge in [0.05, 0.1) is 0 Å². The molecule has 0 aromatic heterocycles. The molecule has 0 amide bonds. The number of hydrogen-bond donors (Lipinski definition) is 1. The van der Waals surface area contributed by atoms with E-state index in [0.717, 1.165) is 6.42 Å². The second-order valence-electron chi connectivity index (χ2n) is 6.37. The van der Waals surface area contributed by atoms with Crippen molar-refractivity contribution in [3.05, 3.63) is 12.2 Å². The molecule has 0 fully saturated rings. The lowest BCUT2D eigenvalue weighted by Crippen LogP contribution is -1.84. The van der Waals surface area contributed by atoms with Crippen molar-refractivity contribution in [3.63, 3.8) is 0 Å². The van der Waals surface area contributed by atoms with Crippen LogP contribution in [0.5, 0.6) is 0 Å². The number of aliphatic hydroxyl groups excluding tert-OH is 1. The number of hydrogen-bond acceptors (Lipinski definition) is 1. The highest BCUT2D eigenvalue weighted by atomic mass is 16.2. The van der Waals surface area contributed by atoms with Crippen molar-refractivity contribution < 1.29 is 5.11 Å². The van der Waals surface area contributed by atoms with Gasteiger partial charge in [0.25, 0.3) is 0 Å². The van der Waals surface area contributed by atoms with Gasteiger partial charge in [0.2, 0.25) is 0 Å². The predicted octanol–water partition coefficient (Wildman–Crippen LogP) is 6.80. The van der Waals surface area contributed by atoms with Crippen LogP contribution in [0.3, 0.4) is 0 Å². The fourth-order valence-corrected chi connectivity index (χ4v) is 2.71. The third-order valence-electron chi connectivity index (χ3n) is 4.17. The smallest absolute Gasteiger partial charge is 0.0431 e. The van der Waals surface area contributed by atoms with Crippen molar-refractivity contribution in [2.75, 3.05) is 6.61 Å². The van der Waals surface area contributed by atoms with Crippen LogP contribution in [0.4, 0.5) is 0 Å². The Morgan fingerprint density at radius 3 is 1.33 bits per heavy atom. The summed E-state index contributed by atoms with van der Waals surface area (Å²) < 4.78 is 0. The SMILES string of the molecule is CCCCCC/C=C/CCCCCCCCCCCCO. The van der Waals surface area contributed by atoms with Crippen molar-refractivity contribution in [2.45, 2.75) is 110 Å². The summed E-state index contributed by atoms with van der Waals surface area (Å²) in [5.41, 5.74) is 0. The van der Waals surface area contributed by atoms with Gasteiger partial charge in [0.1, 0.15) is 0 Å². The maximum atomic E-state index is 8.69. The van der Waals surface area contributed by atoms with Crippen molar-refractivity contribution in [2.24, 2.45) is 0 Å². The zero-order chi connectivity index (χ0) is 15.4. The quantitative estimate of drug-likeness (QED) is 0.231. The molecule has 0 saturated heterocycles. The summed E-state index contributed by atoms with van der Waals surface area (Å²) >= 11 is 0. The first-order chi connectivity index (χ1) is 10.4. The summed E-state index contributed by atoms with van der Waals surface area (Å²) in [6, 6.07) is 0. The van der Waals surface area contributed by atoms with E-state index in [2.05, 4.69) is 19.1 Å². The lowest BCUT2D eigenvalue weighted by atomic mass is 10.1. The molecule has 1 nitrogen and oxygen atoms in total. The van der Waals surface area contributed by atoms with E-state index < -0.39 is 0 Å². The van der Waals surface area contributed by atoms with Crippen LogP contribution in [0.15, 0.2) is 12.2 Å². The third kappa shape index (κ3) is 19.7. The summed E-state index contributed by atoms with van der Waals surface area (Å²) in [5, 5.41) is 8.69. The first kappa shape index (κ1) is 20.7. The van der Waals surface area contributed by atoms with Crippen LogP contribution in [-0.4, -0.2) is 11.7 Å². The van der Waals surface area contributed by atoms with Gasteiger partial charge in [0, 0.05) is 6.61 Å². The minimum absolute atomic E-state index is 0.368. The highest BCUT2D eigenvalue weighted by molar-refractivity contribution is 4.81. The predicted molar refractivity (Wildman–Crippen MR) is 95.8 cm³/mol. The van der Waals surface area contributed by atoms with Crippen LogP contribution in [0.25, 0.3) is 0 Å². The molecule has 126 valence electrons. The zero-order valence-corrected chi connectivity index (χ0v) is 14.6. The fourth-order valence-electron chi connectivity index (χ4n) is 2.71. The van der Waals surface area contributed by atoms with Gasteiger partial charge in [-0.25, -0.2) is 0 Å².